The van der Waals surface area contributed by atoms with Gasteiger partial charge in [0.15, 0.2) is 5.71 Å². The van der Waals surface area contributed by atoms with E-state index in [1.807, 2.05) is 0 Å². The first-order valence-corrected chi connectivity index (χ1v) is 5.16. The van der Waals surface area contributed by atoms with Crippen molar-refractivity contribution in [3.63, 3.8) is 0 Å². The van der Waals surface area contributed by atoms with Gasteiger partial charge in [-0.2, -0.15) is 0 Å². The van der Waals surface area contributed by atoms with Crippen LogP contribution in [0.15, 0.2) is 5.16 Å². The van der Waals surface area contributed by atoms with E-state index in [-0.39, 0.29) is 5.71 Å². The van der Waals surface area contributed by atoms with E-state index in [0.717, 1.165) is 12.8 Å². The average molecular weight is 199 g/mol. The van der Waals surface area contributed by atoms with Crippen LogP contribution in [0.4, 0.5) is 0 Å². The molecule has 0 atom stereocenters. The number of nitrogens with zero attached hydrogens (tertiary/aromatic N) is 1. The monoisotopic (exact) mass is 199 g/mol. The summed E-state index contributed by atoms with van der Waals surface area (Å²) in [7, 11) is 0. The van der Waals surface area contributed by atoms with Crippen LogP contribution in [-0.4, -0.2) is 23.5 Å². The van der Waals surface area contributed by atoms with Crippen LogP contribution >= 0.6 is 0 Å². The molecule has 4 heteroatoms. The number of rotatable bonds is 4. The molecule has 0 heterocycles. The van der Waals surface area contributed by atoms with Crippen molar-refractivity contribution in [2.24, 2.45) is 11.1 Å². The predicted molar refractivity (Wildman–Crippen MR) is 52.4 cm³/mol. The van der Waals surface area contributed by atoms with E-state index < -0.39 is 5.97 Å². The second-order valence-electron chi connectivity index (χ2n) is 3.62. The van der Waals surface area contributed by atoms with E-state index in [9.17, 15) is 4.79 Å². The summed E-state index contributed by atoms with van der Waals surface area (Å²) in [5, 5.41) is 11.7. The zero-order chi connectivity index (χ0) is 10.4. The minimum absolute atomic E-state index is 0.166. The summed E-state index contributed by atoms with van der Waals surface area (Å²) >= 11 is 0. The topological polar surface area (TPSA) is 58.9 Å². The highest BCUT2D eigenvalue weighted by molar-refractivity contribution is 6.36. The normalized spacial score (nSPS) is 18.5. The Morgan fingerprint density at radius 2 is 2.14 bits per heavy atom. The van der Waals surface area contributed by atoms with Crippen LogP contribution in [0.25, 0.3) is 0 Å². The molecule has 0 saturated heterocycles. The second kappa shape index (κ2) is 5.62. The van der Waals surface area contributed by atoms with Gasteiger partial charge in [-0.3, -0.25) is 0 Å². The van der Waals surface area contributed by atoms with E-state index in [2.05, 4.69) is 5.16 Å². The van der Waals surface area contributed by atoms with Crippen molar-refractivity contribution in [2.75, 3.05) is 6.61 Å². The zero-order valence-electron chi connectivity index (χ0n) is 8.53. The smallest absolute Gasteiger partial charge is 0.356 e. The Morgan fingerprint density at radius 3 is 2.64 bits per heavy atom. The molecule has 0 spiro atoms. The number of hydrogen-bond donors (Lipinski definition) is 1. The third-order valence-electron chi connectivity index (χ3n) is 2.59. The molecule has 0 bridgehead atoms. The third kappa shape index (κ3) is 3.01. The summed E-state index contributed by atoms with van der Waals surface area (Å²) in [6.45, 7) is 2.06. The van der Waals surface area contributed by atoms with Crippen molar-refractivity contribution in [2.45, 2.75) is 39.0 Å². The molecule has 1 aliphatic rings. The van der Waals surface area contributed by atoms with Gasteiger partial charge < -0.3 is 9.94 Å². The van der Waals surface area contributed by atoms with Gasteiger partial charge in [0.05, 0.1) is 6.61 Å². The van der Waals surface area contributed by atoms with Crippen molar-refractivity contribution in [1.29, 1.82) is 0 Å². The maximum absolute atomic E-state index is 11.2. The standard InChI is InChI=1S/C10H17NO3/c1-2-14-10(12)9(11-13)7-8-5-3-4-6-8/h8,13H,2-7H2,1H3. The minimum Gasteiger partial charge on any atom is -0.461 e. The maximum atomic E-state index is 11.2. The first kappa shape index (κ1) is 11.0. The molecule has 14 heavy (non-hydrogen) atoms. The van der Waals surface area contributed by atoms with Crippen molar-refractivity contribution in [3.05, 3.63) is 0 Å². The Labute approximate surface area is 83.9 Å². The lowest BCUT2D eigenvalue weighted by atomic mass is 10.0. The Balaban J connectivity index is 2.42. The van der Waals surface area contributed by atoms with Gasteiger partial charge in [-0.15, -0.1) is 0 Å². The Hall–Kier alpha value is -1.06. The minimum atomic E-state index is -0.484. The molecule has 0 amide bonds. The van der Waals surface area contributed by atoms with Crippen molar-refractivity contribution >= 4 is 11.7 Å². The molecule has 1 aliphatic carbocycles. The van der Waals surface area contributed by atoms with Crippen LogP contribution in [-0.2, 0) is 9.53 Å². The molecule has 4 nitrogen and oxygen atoms in total. The summed E-state index contributed by atoms with van der Waals surface area (Å²) in [4.78, 5) is 11.2. The molecular weight excluding hydrogens is 182 g/mol. The van der Waals surface area contributed by atoms with Gasteiger partial charge in [-0.1, -0.05) is 30.8 Å². The largest absolute Gasteiger partial charge is 0.461 e. The molecule has 80 valence electrons. The molecule has 0 aliphatic heterocycles. The van der Waals surface area contributed by atoms with Crippen molar-refractivity contribution in [3.8, 4) is 0 Å². The molecule has 0 aromatic rings. The molecule has 0 unspecified atom stereocenters. The van der Waals surface area contributed by atoms with Crippen LogP contribution in [0, 0.1) is 5.92 Å². The van der Waals surface area contributed by atoms with E-state index in [1.54, 1.807) is 6.92 Å². The van der Waals surface area contributed by atoms with E-state index >= 15 is 0 Å². The fourth-order valence-electron chi connectivity index (χ4n) is 1.87. The fraction of sp³-hybridized carbons (Fsp3) is 0.800. The van der Waals surface area contributed by atoms with Crippen molar-refractivity contribution in [1.82, 2.24) is 0 Å². The lowest BCUT2D eigenvalue weighted by Gasteiger charge is -2.08. The van der Waals surface area contributed by atoms with Crippen molar-refractivity contribution < 1.29 is 14.7 Å². The summed E-state index contributed by atoms with van der Waals surface area (Å²) in [5.41, 5.74) is 0.166. The Kier molecular flexibility index (Phi) is 4.43. The fourth-order valence-corrected chi connectivity index (χ4v) is 1.87. The van der Waals surface area contributed by atoms with Gasteiger partial charge in [-0.05, 0) is 12.8 Å². The number of hydrogen-bond acceptors (Lipinski definition) is 4. The van der Waals surface area contributed by atoms with Gasteiger partial charge >= 0.3 is 5.97 Å². The van der Waals surface area contributed by atoms with Gasteiger partial charge in [-0.25, -0.2) is 4.79 Å². The molecule has 1 rings (SSSR count). The van der Waals surface area contributed by atoms with Crippen LogP contribution in [0.1, 0.15) is 39.0 Å². The van der Waals surface area contributed by atoms with Gasteiger partial charge in [0.2, 0.25) is 0 Å². The Morgan fingerprint density at radius 1 is 1.50 bits per heavy atom. The van der Waals surface area contributed by atoms with Gasteiger partial charge in [0.1, 0.15) is 0 Å². The van der Waals surface area contributed by atoms with E-state index in [4.69, 9.17) is 9.94 Å². The SMILES string of the molecule is CCOC(=O)C(CC1CCCC1)=NO. The maximum Gasteiger partial charge on any atom is 0.356 e. The van der Waals surface area contributed by atoms with E-state index in [1.165, 1.54) is 12.8 Å². The van der Waals surface area contributed by atoms with Crippen LogP contribution in [0.5, 0.6) is 0 Å². The lowest BCUT2D eigenvalue weighted by molar-refractivity contribution is -0.135. The number of ether oxygens (including phenoxy) is 1. The molecule has 0 aromatic heterocycles. The summed E-state index contributed by atoms with van der Waals surface area (Å²) in [6.07, 6.45) is 5.23. The molecule has 1 saturated carbocycles. The highest BCUT2D eigenvalue weighted by Gasteiger charge is 2.22. The highest BCUT2D eigenvalue weighted by atomic mass is 16.5. The number of esters is 1. The summed E-state index contributed by atoms with van der Waals surface area (Å²) in [5.74, 6) is 0.00667. The summed E-state index contributed by atoms with van der Waals surface area (Å²) < 4.78 is 4.78. The highest BCUT2D eigenvalue weighted by Crippen LogP contribution is 2.27. The average Bonchev–Trinajstić information content (AvgIpc) is 2.66. The predicted octanol–water partition coefficient (Wildman–Crippen LogP) is 1.96. The Bertz CT molecular complexity index is 219. The molecule has 0 radical (unpaired) electrons. The van der Waals surface area contributed by atoms with Gasteiger partial charge in [0, 0.05) is 6.42 Å². The van der Waals surface area contributed by atoms with Crippen LogP contribution in [0.2, 0.25) is 0 Å². The first-order valence-electron chi connectivity index (χ1n) is 5.16. The molecular formula is C10H17NO3. The number of oxime groups is 1. The molecule has 1 fully saturated rings. The van der Waals surface area contributed by atoms with Gasteiger partial charge in [0.25, 0.3) is 0 Å². The number of carbonyl (C=O) groups is 1. The zero-order valence-corrected chi connectivity index (χ0v) is 8.53. The molecule has 1 N–H and O–H groups in total. The van der Waals surface area contributed by atoms with Crippen LogP contribution < -0.4 is 0 Å². The second-order valence-corrected chi connectivity index (χ2v) is 3.62. The lowest BCUT2D eigenvalue weighted by Crippen LogP contribution is -2.20. The first-order chi connectivity index (χ1) is 6.77. The van der Waals surface area contributed by atoms with E-state index in [0.29, 0.717) is 18.9 Å². The summed E-state index contributed by atoms with van der Waals surface area (Å²) in [6, 6.07) is 0. The van der Waals surface area contributed by atoms with Crippen LogP contribution in [0.3, 0.4) is 0 Å². The third-order valence-corrected chi connectivity index (χ3v) is 2.59. The number of carbonyl (C=O) groups excluding carboxylic acids is 1. The quantitative estimate of drug-likeness (QED) is 0.326. The molecule has 0 aromatic carbocycles.